The van der Waals surface area contributed by atoms with Crippen molar-refractivity contribution in [3.8, 4) is 17.2 Å². The normalized spacial score (nSPS) is 11.9. The summed E-state index contributed by atoms with van der Waals surface area (Å²) in [5.41, 5.74) is 2.41. The van der Waals surface area contributed by atoms with Gasteiger partial charge in [0.05, 0.1) is 11.9 Å². The summed E-state index contributed by atoms with van der Waals surface area (Å²) in [5, 5.41) is 11.4. The summed E-state index contributed by atoms with van der Waals surface area (Å²) >= 11 is 7.20. The number of hydrogen-bond acceptors (Lipinski definition) is 6. The van der Waals surface area contributed by atoms with Crippen molar-refractivity contribution < 1.29 is 13.9 Å². The average molecular weight is 418 g/mol. The number of hydrogen-bond donors (Lipinski definition) is 1. The monoisotopic (exact) mass is 417 g/mol. The van der Waals surface area contributed by atoms with E-state index in [4.69, 9.17) is 20.8 Å². The van der Waals surface area contributed by atoms with Crippen LogP contribution >= 0.6 is 23.4 Å². The van der Waals surface area contributed by atoms with Crippen molar-refractivity contribution in [2.45, 2.75) is 31.2 Å². The number of aromatic nitrogens is 2. The van der Waals surface area contributed by atoms with Crippen molar-refractivity contribution in [1.82, 2.24) is 10.2 Å². The molecule has 1 heterocycles. The number of benzene rings is 2. The van der Waals surface area contributed by atoms with Crippen LogP contribution in [0.15, 0.2) is 52.1 Å². The highest BCUT2D eigenvalue weighted by atomic mass is 35.5. The zero-order valence-electron chi connectivity index (χ0n) is 15.7. The van der Waals surface area contributed by atoms with E-state index in [0.29, 0.717) is 28.4 Å². The van der Waals surface area contributed by atoms with Gasteiger partial charge < -0.3 is 14.5 Å². The molecule has 1 atom stereocenters. The Hall–Kier alpha value is -2.51. The third-order valence-corrected chi connectivity index (χ3v) is 5.09. The minimum Gasteiger partial charge on any atom is -0.494 e. The van der Waals surface area contributed by atoms with Crippen LogP contribution in [-0.4, -0.2) is 28.0 Å². The molecule has 0 unspecified atom stereocenters. The van der Waals surface area contributed by atoms with E-state index in [0.717, 1.165) is 16.9 Å². The van der Waals surface area contributed by atoms with Crippen molar-refractivity contribution in [3.63, 3.8) is 0 Å². The molecule has 3 aromatic rings. The minimum absolute atomic E-state index is 0.170. The molecule has 8 heteroatoms. The van der Waals surface area contributed by atoms with Crippen LogP contribution in [0.1, 0.15) is 19.4 Å². The molecular weight excluding hydrogens is 398 g/mol. The van der Waals surface area contributed by atoms with Gasteiger partial charge in [-0.2, -0.15) is 0 Å². The second kappa shape index (κ2) is 9.12. The lowest BCUT2D eigenvalue weighted by Gasteiger charge is -2.12. The van der Waals surface area contributed by atoms with Gasteiger partial charge >= 0.3 is 0 Å². The quantitative estimate of drug-likeness (QED) is 0.531. The van der Waals surface area contributed by atoms with Gasteiger partial charge in [0, 0.05) is 16.3 Å². The fourth-order valence-electron chi connectivity index (χ4n) is 2.40. The molecule has 0 aliphatic rings. The molecule has 0 bridgehead atoms. The molecule has 0 saturated carbocycles. The maximum Gasteiger partial charge on any atom is 0.277 e. The molecule has 0 aliphatic heterocycles. The molecule has 0 fully saturated rings. The SMILES string of the molecule is CCOc1ccc(-c2nnc(S[C@H](C)C(=O)Nc3cc(Cl)ccc3C)o2)cc1. The van der Waals surface area contributed by atoms with E-state index < -0.39 is 5.25 Å². The number of amides is 1. The largest absolute Gasteiger partial charge is 0.494 e. The number of nitrogens with one attached hydrogen (secondary N) is 1. The number of carbonyl (C=O) groups excluding carboxylic acids is 1. The van der Waals surface area contributed by atoms with Gasteiger partial charge in [0.1, 0.15) is 5.75 Å². The van der Waals surface area contributed by atoms with E-state index in [9.17, 15) is 4.79 Å². The molecule has 0 radical (unpaired) electrons. The number of carbonyl (C=O) groups is 1. The fraction of sp³-hybridized carbons (Fsp3) is 0.250. The number of nitrogens with zero attached hydrogens (tertiary/aromatic N) is 2. The van der Waals surface area contributed by atoms with E-state index in [-0.39, 0.29) is 5.91 Å². The van der Waals surface area contributed by atoms with Crippen molar-refractivity contribution in [1.29, 1.82) is 0 Å². The summed E-state index contributed by atoms with van der Waals surface area (Å²) in [6.07, 6.45) is 0. The van der Waals surface area contributed by atoms with E-state index in [1.54, 1.807) is 19.1 Å². The van der Waals surface area contributed by atoms with Crippen molar-refractivity contribution >= 4 is 35.0 Å². The van der Waals surface area contributed by atoms with Crippen molar-refractivity contribution in [3.05, 3.63) is 53.1 Å². The zero-order chi connectivity index (χ0) is 20.1. The third-order valence-electron chi connectivity index (χ3n) is 3.92. The first kappa shape index (κ1) is 20.2. The lowest BCUT2D eigenvalue weighted by molar-refractivity contribution is -0.115. The molecule has 3 rings (SSSR count). The smallest absolute Gasteiger partial charge is 0.277 e. The van der Waals surface area contributed by atoms with Gasteiger partial charge in [0.2, 0.25) is 11.8 Å². The molecule has 0 spiro atoms. The number of rotatable bonds is 7. The Morgan fingerprint density at radius 2 is 2.00 bits per heavy atom. The highest BCUT2D eigenvalue weighted by Crippen LogP contribution is 2.28. The Labute approximate surface area is 172 Å². The van der Waals surface area contributed by atoms with Gasteiger partial charge in [-0.25, -0.2) is 0 Å². The lowest BCUT2D eigenvalue weighted by Crippen LogP contribution is -2.22. The topological polar surface area (TPSA) is 77.2 Å². The number of thioether (sulfide) groups is 1. The molecule has 0 aliphatic carbocycles. The summed E-state index contributed by atoms with van der Waals surface area (Å²) in [6, 6.07) is 12.8. The van der Waals surface area contributed by atoms with Crippen LogP contribution in [0.4, 0.5) is 5.69 Å². The van der Waals surface area contributed by atoms with E-state index in [1.807, 2.05) is 44.2 Å². The molecule has 1 amide bonds. The summed E-state index contributed by atoms with van der Waals surface area (Å²) < 4.78 is 11.1. The number of ether oxygens (including phenoxy) is 1. The Morgan fingerprint density at radius 3 is 2.71 bits per heavy atom. The fourth-order valence-corrected chi connectivity index (χ4v) is 3.26. The highest BCUT2D eigenvalue weighted by Gasteiger charge is 2.19. The Bertz CT molecular complexity index is 960. The van der Waals surface area contributed by atoms with Gasteiger partial charge in [-0.1, -0.05) is 29.4 Å². The molecule has 0 saturated heterocycles. The van der Waals surface area contributed by atoms with Gasteiger partial charge in [0.25, 0.3) is 5.22 Å². The standard InChI is InChI=1S/C20H20ClN3O3S/c1-4-26-16-9-6-14(7-10-16)19-23-24-20(27-19)28-13(3)18(25)22-17-11-15(21)8-5-12(17)2/h5-11,13H,4H2,1-3H3,(H,22,25)/t13-/m1/s1. The van der Waals surface area contributed by atoms with Crippen LogP contribution in [0.3, 0.4) is 0 Å². The van der Waals surface area contributed by atoms with Gasteiger partial charge in [-0.3, -0.25) is 4.79 Å². The van der Waals surface area contributed by atoms with E-state index in [2.05, 4.69) is 15.5 Å². The Kier molecular flexibility index (Phi) is 6.59. The molecule has 1 N–H and O–H groups in total. The zero-order valence-corrected chi connectivity index (χ0v) is 17.3. The van der Waals surface area contributed by atoms with E-state index >= 15 is 0 Å². The molecule has 2 aromatic carbocycles. The molecule has 28 heavy (non-hydrogen) atoms. The van der Waals surface area contributed by atoms with Crippen molar-refractivity contribution in [2.24, 2.45) is 0 Å². The molecular formula is C20H20ClN3O3S. The maximum atomic E-state index is 12.5. The average Bonchev–Trinajstić information content (AvgIpc) is 3.14. The first-order valence-corrected chi connectivity index (χ1v) is 10.0. The van der Waals surface area contributed by atoms with Crippen LogP contribution in [0.5, 0.6) is 5.75 Å². The highest BCUT2D eigenvalue weighted by molar-refractivity contribution is 8.00. The van der Waals surface area contributed by atoms with Gasteiger partial charge in [0.15, 0.2) is 0 Å². The Morgan fingerprint density at radius 1 is 1.25 bits per heavy atom. The summed E-state index contributed by atoms with van der Waals surface area (Å²) in [4.78, 5) is 12.5. The van der Waals surface area contributed by atoms with Gasteiger partial charge in [-0.15, -0.1) is 10.2 Å². The molecule has 6 nitrogen and oxygen atoms in total. The van der Waals surface area contributed by atoms with E-state index in [1.165, 1.54) is 11.8 Å². The van der Waals surface area contributed by atoms with Crippen LogP contribution in [-0.2, 0) is 4.79 Å². The maximum absolute atomic E-state index is 12.5. The summed E-state index contributed by atoms with van der Waals surface area (Å²) in [7, 11) is 0. The van der Waals surface area contributed by atoms with Crippen molar-refractivity contribution in [2.75, 3.05) is 11.9 Å². The minimum atomic E-state index is -0.424. The molecule has 146 valence electrons. The predicted molar refractivity (Wildman–Crippen MR) is 111 cm³/mol. The van der Waals surface area contributed by atoms with Crippen LogP contribution < -0.4 is 10.1 Å². The number of aryl methyl sites for hydroxylation is 1. The summed E-state index contributed by atoms with van der Waals surface area (Å²) in [5.74, 6) is 1.00. The second-order valence-corrected chi connectivity index (χ2v) is 7.77. The Balaban J connectivity index is 1.63. The predicted octanol–water partition coefficient (Wildman–Crippen LogP) is 5.22. The first-order chi connectivity index (χ1) is 13.5. The molecule has 1 aromatic heterocycles. The number of halogens is 1. The second-order valence-electron chi connectivity index (χ2n) is 6.04. The first-order valence-electron chi connectivity index (χ1n) is 8.76. The van der Waals surface area contributed by atoms with Crippen LogP contribution in [0.2, 0.25) is 5.02 Å². The van der Waals surface area contributed by atoms with Gasteiger partial charge in [-0.05, 0) is 62.7 Å². The summed E-state index contributed by atoms with van der Waals surface area (Å²) in [6.45, 7) is 6.22. The number of anilines is 1. The van der Waals surface area contributed by atoms with Crippen LogP contribution in [0.25, 0.3) is 11.5 Å². The lowest BCUT2D eigenvalue weighted by atomic mass is 10.2. The van der Waals surface area contributed by atoms with Crippen LogP contribution in [0, 0.1) is 6.92 Å². The third kappa shape index (κ3) is 5.05.